The van der Waals surface area contributed by atoms with Gasteiger partial charge in [0, 0.05) is 17.0 Å². The molecule has 0 aliphatic heterocycles. The van der Waals surface area contributed by atoms with Crippen LogP contribution in [0.5, 0.6) is 0 Å². The summed E-state index contributed by atoms with van der Waals surface area (Å²) >= 11 is 1.27. The van der Waals surface area contributed by atoms with Gasteiger partial charge in [0.15, 0.2) is 11.6 Å². The van der Waals surface area contributed by atoms with Gasteiger partial charge in [0.05, 0.1) is 28.8 Å². The quantitative estimate of drug-likeness (QED) is 0.442. The Morgan fingerprint density at radius 3 is 2.86 bits per heavy atom. The van der Waals surface area contributed by atoms with Crippen LogP contribution >= 0.6 is 11.3 Å². The highest BCUT2D eigenvalue weighted by atomic mass is 32.1. The number of nitrogen functional groups attached to an aromatic ring is 1. The minimum Gasteiger partial charge on any atom is -0.325 e. The van der Waals surface area contributed by atoms with Crippen molar-refractivity contribution in [3.05, 3.63) is 52.0 Å². The lowest BCUT2D eigenvalue weighted by molar-refractivity contribution is 0.0957. The molecule has 2 aromatic heterocycles. The van der Waals surface area contributed by atoms with Crippen molar-refractivity contribution in [2.45, 2.75) is 6.54 Å². The van der Waals surface area contributed by atoms with Gasteiger partial charge in [-0.25, -0.2) is 19.6 Å². The fourth-order valence-corrected chi connectivity index (χ4v) is 2.91. The van der Waals surface area contributed by atoms with Gasteiger partial charge in [-0.1, -0.05) is 0 Å². The third-order valence-electron chi connectivity index (χ3n) is 3.01. The molecule has 0 saturated heterocycles. The molecule has 0 atom stereocenters. The van der Waals surface area contributed by atoms with Gasteiger partial charge in [-0.2, -0.15) is 0 Å². The van der Waals surface area contributed by atoms with Gasteiger partial charge in [-0.3, -0.25) is 10.2 Å². The maximum atomic E-state index is 13.3. The summed E-state index contributed by atoms with van der Waals surface area (Å²) in [6, 6.07) is 5.60. The molecule has 21 heavy (non-hydrogen) atoms. The first kappa shape index (κ1) is 13.7. The van der Waals surface area contributed by atoms with Gasteiger partial charge in [0.1, 0.15) is 0 Å². The lowest BCUT2D eigenvalue weighted by Gasteiger charge is -2.02. The fraction of sp³-hybridized carbons (Fsp3) is 0.0769. The molecule has 3 rings (SSSR count). The highest BCUT2D eigenvalue weighted by Crippen LogP contribution is 2.22. The normalized spacial score (nSPS) is 11.0. The Morgan fingerprint density at radius 2 is 2.10 bits per heavy atom. The average Bonchev–Trinajstić information content (AvgIpc) is 3.08. The number of imidazole rings is 1. The number of hydrogen-bond acceptors (Lipinski definition) is 4. The second-order valence-corrected chi connectivity index (χ2v) is 5.54. The molecule has 3 N–H and O–H groups in total. The highest BCUT2D eigenvalue weighted by molar-refractivity contribution is 7.14. The Hall–Kier alpha value is -2.32. The standard InChI is InChI=1S/C13H10F2N4OS/c14-8-3-10-11(4-9(8)15)19(6-17-10)5-7-1-2-12(21-7)13(20)18-16/h1-4,6H,5,16H2,(H,18,20). The van der Waals surface area contributed by atoms with Crippen LogP contribution in [0.4, 0.5) is 8.78 Å². The Labute approximate surface area is 122 Å². The van der Waals surface area contributed by atoms with Crippen molar-refractivity contribution < 1.29 is 13.6 Å². The third-order valence-corrected chi connectivity index (χ3v) is 4.07. The first-order valence-corrected chi connectivity index (χ1v) is 6.79. The predicted octanol–water partition coefficient (Wildman–Crippen LogP) is 2.03. The SMILES string of the molecule is NNC(=O)c1ccc(Cn2cnc3cc(F)c(F)cc32)s1. The van der Waals surface area contributed by atoms with Crippen LogP contribution in [0.15, 0.2) is 30.6 Å². The number of fused-ring (bicyclic) bond motifs is 1. The molecule has 0 saturated carbocycles. The zero-order valence-corrected chi connectivity index (χ0v) is 11.5. The first-order chi connectivity index (χ1) is 10.1. The number of hydrazine groups is 1. The van der Waals surface area contributed by atoms with Crippen LogP contribution in [0.1, 0.15) is 14.5 Å². The number of halogens is 2. The lowest BCUT2D eigenvalue weighted by Crippen LogP contribution is -2.29. The van der Waals surface area contributed by atoms with E-state index in [1.165, 1.54) is 17.7 Å². The molecule has 1 aromatic carbocycles. The second kappa shape index (κ2) is 5.23. The van der Waals surface area contributed by atoms with Crippen LogP contribution in [-0.2, 0) is 6.54 Å². The van der Waals surface area contributed by atoms with E-state index in [1.807, 2.05) is 0 Å². The van der Waals surface area contributed by atoms with E-state index in [4.69, 9.17) is 5.84 Å². The molecule has 2 heterocycles. The van der Waals surface area contributed by atoms with Crippen molar-refractivity contribution in [3.63, 3.8) is 0 Å². The number of thiophene rings is 1. The Balaban J connectivity index is 1.93. The molecule has 0 aliphatic carbocycles. The molecule has 5 nitrogen and oxygen atoms in total. The number of hydrogen-bond donors (Lipinski definition) is 2. The summed E-state index contributed by atoms with van der Waals surface area (Å²) in [6.45, 7) is 0.407. The van der Waals surface area contributed by atoms with Crippen molar-refractivity contribution in [2.24, 2.45) is 5.84 Å². The van der Waals surface area contributed by atoms with Crippen LogP contribution in [0.2, 0.25) is 0 Å². The lowest BCUT2D eigenvalue weighted by atomic mass is 10.3. The van der Waals surface area contributed by atoms with E-state index < -0.39 is 11.6 Å². The molecule has 0 aliphatic rings. The number of aromatic nitrogens is 2. The Kier molecular flexibility index (Phi) is 3.40. The molecule has 0 unspecified atom stereocenters. The molecule has 108 valence electrons. The monoisotopic (exact) mass is 308 g/mol. The van der Waals surface area contributed by atoms with E-state index in [0.29, 0.717) is 22.5 Å². The van der Waals surface area contributed by atoms with E-state index in [-0.39, 0.29) is 5.91 Å². The number of nitrogens with one attached hydrogen (secondary N) is 1. The van der Waals surface area contributed by atoms with Crippen LogP contribution < -0.4 is 11.3 Å². The summed E-state index contributed by atoms with van der Waals surface area (Å²) in [6.07, 6.45) is 1.51. The minimum atomic E-state index is -0.925. The average molecular weight is 308 g/mol. The van der Waals surface area contributed by atoms with E-state index in [0.717, 1.165) is 17.0 Å². The first-order valence-electron chi connectivity index (χ1n) is 5.98. The summed E-state index contributed by atoms with van der Waals surface area (Å²) in [4.78, 5) is 16.8. The van der Waals surface area contributed by atoms with E-state index in [2.05, 4.69) is 10.4 Å². The van der Waals surface area contributed by atoms with Gasteiger partial charge < -0.3 is 4.57 Å². The van der Waals surface area contributed by atoms with Gasteiger partial charge in [-0.15, -0.1) is 11.3 Å². The molecule has 0 radical (unpaired) electrons. The molecule has 3 aromatic rings. The number of nitrogens with two attached hydrogens (primary N) is 1. The summed E-state index contributed by atoms with van der Waals surface area (Å²) in [5.41, 5.74) is 2.93. The Morgan fingerprint density at radius 1 is 1.33 bits per heavy atom. The molecule has 1 amide bonds. The van der Waals surface area contributed by atoms with Crippen LogP contribution in [-0.4, -0.2) is 15.5 Å². The van der Waals surface area contributed by atoms with E-state index in [9.17, 15) is 13.6 Å². The zero-order valence-electron chi connectivity index (χ0n) is 10.6. The van der Waals surface area contributed by atoms with Crippen molar-refractivity contribution >= 4 is 28.3 Å². The van der Waals surface area contributed by atoms with Crippen molar-refractivity contribution in [1.82, 2.24) is 15.0 Å². The summed E-state index contributed by atoms with van der Waals surface area (Å²) in [5, 5.41) is 0. The molecular weight excluding hydrogens is 298 g/mol. The minimum absolute atomic E-state index is 0.366. The number of carbonyl (C=O) groups excluding carboxylic acids is 1. The van der Waals surface area contributed by atoms with E-state index in [1.54, 1.807) is 16.7 Å². The van der Waals surface area contributed by atoms with Gasteiger partial charge in [-0.05, 0) is 12.1 Å². The number of amides is 1. The third kappa shape index (κ3) is 2.50. The van der Waals surface area contributed by atoms with Crippen molar-refractivity contribution in [1.29, 1.82) is 0 Å². The summed E-state index contributed by atoms with van der Waals surface area (Å²) in [7, 11) is 0. The second-order valence-electron chi connectivity index (χ2n) is 4.37. The number of nitrogens with zero attached hydrogens (tertiary/aromatic N) is 2. The van der Waals surface area contributed by atoms with Crippen LogP contribution in [0.3, 0.4) is 0 Å². The smallest absolute Gasteiger partial charge is 0.275 e. The number of carbonyl (C=O) groups is 1. The maximum Gasteiger partial charge on any atom is 0.275 e. The largest absolute Gasteiger partial charge is 0.325 e. The zero-order chi connectivity index (χ0) is 15.0. The van der Waals surface area contributed by atoms with Crippen molar-refractivity contribution in [2.75, 3.05) is 0 Å². The van der Waals surface area contributed by atoms with Crippen LogP contribution in [0.25, 0.3) is 11.0 Å². The molecule has 0 bridgehead atoms. The highest BCUT2D eigenvalue weighted by Gasteiger charge is 2.11. The van der Waals surface area contributed by atoms with Crippen LogP contribution in [0, 0.1) is 11.6 Å². The molecule has 0 fully saturated rings. The van der Waals surface area contributed by atoms with Gasteiger partial charge in [0.2, 0.25) is 0 Å². The van der Waals surface area contributed by atoms with Gasteiger partial charge >= 0.3 is 0 Å². The predicted molar refractivity (Wildman–Crippen MR) is 74.7 cm³/mol. The molecular formula is C13H10F2N4OS. The summed E-state index contributed by atoms with van der Waals surface area (Å²) < 4.78 is 28.1. The number of benzene rings is 1. The summed E-state index contributed by atoms with van der Waals surface area (Å²) in [5.74, 6) is 2.86. The maximum absolute atomic E-state index is 13.3. The molecule has 8 heteroatoms. The topological polar surface area (TPSA) is 72.9 Å². The Bertz CT molecular complexity index is 827. The van der Waals surface area contributed by atoms with Gasteiger partial charge in [0.25, 0.3) is 5.91 Å². The van der Waals surface area contributed by atoms with Crippen molar-refractivity contribution in [3.8, 4) is 0 Å². The number of rotatable bonds is 3. The van der Waals surface area contributed by atoms with E-state index >= 15 is 0 Å². The fourth-order valence-electron chi connectivity index (χ4n) is 2.00. The molecule has 0 spiro atoms.